The van der Waals surface area contributed by atoms with Crippen LogP contribution in [0.4, 0.5) is 10.1 Å². The molecule has 3 aromatic rings. The van der Waals surface area contributed by atoms with Crippen molar-refractivity contribution in [2.45, 2.75) is 6.54 Å². The summed E-state index contributed by atoms with van der Waals surface area (Å²) in [7, 11) is 0. The number of anilines is 1. The maximum absolute atomic E-state index is 13.1. The topological polar surface area (TPSA) is 66.9 Å². The number of hydrogen-bond acceptors (Lipinski definition) is 2. The number of carbonyl (C=O) groups is 1. The number of halogens is 2. The molecular weight excluding hydrogens is 333 g/mol. The molecule has 2 N–H and O–H groups in total. The highest BCUT2D eigenvalue weighted by Crippen LogP contribution is 2.19. The summed E-state index contributed by atoms with van der Waals surface area (Å²) in [6.45, 7) is -0.194. The summed E-state index contributed by atoms with van der Waals surface area (Å²) in [6, 6.07) is 14.6. The van der Waals surface area contributed by atoms with Gasteiger partial charge in [-0.3, -0.25) is 14.7 Å². The molecule has 0 saturated heterocycles. The third kappa shape index (κ3) is 3.55. The van der Waals surface area contributed by atoms with Crippen LogP contribution in [-0.2, 0) is 11.3 Å². The third-order valence-corrected chi connectivity index (χ3v) is 3.67. The monoisotopic (exact) mass is 345 g/mol. The van der Waals surface area contributed by atoms with E-state index in [1.807, 2.05) is 30.3 Å². The average molecular weight is 346 g/mol. The van der Waals surface area contributed by atoms with Gasteiger partial charge < -0.3 is 5.32 Å². The maximum Gasteiger partial charge on any atom is 0.267 e. The fourth-order valence-corrected chi connectivity index (χ4v) is 2.42. The fraction of sp³-hybridized carbons (Fsp3) is 0.0588. The Hall–Kier alpha value is -2.86. The summed E-state index contributed by atoms with van der Waals surface area (Å²) < 4.78 is 14.3. The number of amides is 1. The first kappa shape index (κ1) is 16.0. The van der Waals surface area contributed by atoms with Crippen molar-refractivity contribution < 1.29 is 9.18 Å². The van der Waals surface area contributed by atoms with Crippen LogP contribution < -0.4 is 10.9 Å². The lowest BCUT2D eigenvalue weighted by Crippen LogP contribution is -2.25. The van der Waals surface area contributed by atoms with Gasteiger partial charge in [0.2, 0.25) is 5.91 Å². The molecule has 3 rings (SSSR count). The summed E-state index contributed by atoms with van der Waals surface area (Å²) in [5, 5.41) is 5.37. The van der Waals surface area contributed by atoms with E-state index in [2.05, 4.69) is 10.4 Å². The number of nitrogens with zero attached hydrogens (tertiary/aromatic N) is 1. The number of aromatic amines is 1. The van der Waals surface area contributed by atoms with Crippen LogP contribution in [0.1, 0.15) is 0 Å². The summed E-state index contributed by atoms with van der Waals surface area (Å²) in [5.41, 5.74) is 1.51. The molecule has 2 aromatic carbocycles. The van der Waals surface area contributed by atoms with Gasteiger partial charge in [0, 0.05) is 11.8 Å². The fourth-order valence-electron chi connectivity index (χ4n) is 2.24. The molecule has 0 radical (unpaired) electrons. The SMILES string of the molecule is O=C(Cn1[nH]c(-c2ccccc2)cc1=O)Nc1ccc(F)c(Cl)c1. The van der Waals surface area contributed by atoms with Gasteiger partial charge in [-0.25, -0.2) is 9.07 Å². The molecule has 1 heterocycles. The molecule has 0 bridgehead atoms. The first-order valence-electron chi connectivity index (χ1n) is 7.13. The first-order chi connectivity index (χ1) is 11.5. The zero-order valence-corrected chi connectivity index (χ0v) is 13.2. The maximum atomic E-state index is 13.1. The summed E-state index contributed by atoms with van der Waals surface area (Å²) in [6.07, 6.45) is 0. The zero-order valence-electron chi connectivity index (χ0n) is 12.4. The van der Waals surface area contributed by atoms with Crippen LogP contribution in [0.25, 0.3) is 11.3 Å². The number of nitrogens with one attached hydrogen (secondary N) is 2. The molecule has 0 unspecified atom stereocenters. The smallest absolute Gasteiger partial charge is 0.267 e. The van der Waals surface area contributed by atoms with Crippen molar-refractivity contribution in [2.24, 2.45) is 0 Å². The van der Waals surface area contributed by atoms with E-state index in [4.69, 9.17) is 11.6 Å². The second-order valence-electron chi connectivity index (χ2n) is 5.14. The van der Waals surface area contributed by atoms with Gasteiger partial charge in [-0.15, -0.1) is 0 Å². The zero-order chi connectivity index (χ0) is 17.1. The molecule has 0 saturated carbocycles. The Morgan fingerprint density at radius 2 is 1.92 bits per heavy atom. The Bertz CT molecular complexity index is 935. The van der Waals surface area contributed by atoms with Gasteiger partial charge in [0.1, 0.15) is 12.4 Å². The largest absolute Gasteiger partial charge is 0.324 e. The quantitative estimate of drug-likeness (QED) is 0.762. The van der Waals surface area contributed by atoms with Gasteiger partial charge in [-0.1, -0.05) is 41.9 Å². The molecule has 0 fully saturated rings. The normalized spacial score (nSPS) is 10.6. The minimum atomic E-state index is -0.567. The molecular formula is C17H13ClFN3O2. The molecule has 122 valence electrons. The van der Waals surface area contributed by atoms with E-state index in [9.17, 15) is 14.0 Å². The minimum Gasteiger partial charge on any atom is -0.324 e. The van der Waals surface area contributed by atoms with Gasteiger partial charge in [-0.2, -0.15) is 0 Å². The van der Waals surface area contributed by atoms with E-state index in [0.717, 1.165) is 11.6 Å². The molecule has 1 amide bonds. The molecule has 5 nitrogen and oxygen atoms in total. The molecule has 0 aliphatic carbocycles. The summed E-state index contributed by atoms with van der Waals surface area (Å²) >= 11 is 5.67. The van der Waals surface area contributed by atoms with Gasteiger partial charge in [0.25, 0.3) is 5.56 Å². The van der Waals surface area contributed by atoms with E-state index in [1.165, 1.54) is 22.9 Å². The van der Waals surface area contributed by atoms with Gasteiger partial charge in [0.15, 0.2) is 0 Å². The molecule has 24 heavy (non-hydrogen) atoms. The van der Waals surface area contributed by atoms with Gasteiger partial charge in [-0.05, 0) is 23.8 Å². The van der Waals surface area contributed by atoms with Gasteiger partial charge in [0.05, 0.1) is 10.7 Å². The van der Waals surface area contributed by atoms with Crippen molar-refractivity contribution in [3.05, 3.63) is 75.8 Å². The standard InChI is InChI=1S/C17H13ClFN3O2/c18-13-8-12(6-7-14(13)19)20-16(23)10-22-17(24)9-15(21-22)11-4-2-1-3-5-11/h1-9,21H,10H2,(H,20,23). The molecule has 1 aromatic heterocycles. The van der Waals surface area contributed by atoms with Crippen LogP contribution in [0.15, 0.2) is 59.4 Å². The lowest BCUT2D eigenvalue weighted by atomic mass is 10.2. The summed E-state index contributed by atoms with van der Waals surface area (Å²) in [4.78, 5) is 24.0. The van der Waals surface area contributed by atoms with E-state index < -0.39 is 11.7 Å². The van der Waals surface area contributed by atoms with Crippen molar-refractivity contribution in [2.75, 3.05) is 5.32 Å². The van der Waals surface area contributed by atoms with E-state index in [-0.39, 0.29) is 17.1 Å². The Morgan fingerprint density at radius 3 is 2.62 bits per heavy atom. The van der Waals surface area contributed by atoms with Crippen LogP contribution >= 0.6 is 11.6 Å². The van der Waals surface area contributed by atoms with Crippen molar-refractivity contribution in [3.8, 4) is 11.3 Å². The Labute approximate surface area is 141 Å². The highest BCUT2D eigenvalue weighted by Gasteiger charge is 2.10. The van der Waals surface area contributed by atoms with E-state index >= 15 is 0 Å². The highest BCUT2D eigenvalue weighted by atomic mass is 35.5. The van der Waals surface area contributed by atoms with E-state index in [0.29, 0.717) is 11.4 Å². The number of rotatable bonds is 4. The van der Waals surface area contributed by atoms with Gasteiger partial charge >= 0.3 is 0 Å². The lowest BCUT2D eigenvalue weighted by molar-refractivity contribution is -0.116. The Kier molecular flexibility index (Phi) is 4.48. The average Bonchev–Trinajstić information content (AvgIpc) is 2.93. The number of benzene rings is 2. The number of carbonyl (C=O) groups excluding carboxylic acids is 1. The van der Waals surface area contributed by atoms with Crippen LogP contribution in [0.5, 0.6) is 0 Å². The first-order valence-corrected chi connectivity index (χ1v) is 7.51. The van der Waals surface area contributed by atoms with E-state index in [1.54, 1.807) is 0 Å². The Morgan fingerprint density at radius 1 is 1.17 bits per heavy atom. The highest BCUT2D eigenvalue weighted by molar-refractivity contribution is 6.31. The number of aromatic nitrogens is 2. The summed E-state index contributed by atoms with van der Waals surface area (Å²) in [5.74, 6) is -0.996. The van der Waals surface area contributed by atoms with Crippen LogP contribution in [0, 0.1) is 5.82 Å². The van der Waals surface area contributed by atoms with Crippen molar-refractivity contribution in [1.82, 2.24) is 9.78 Å². The third-order valence-electron chi connectivity index (χ3n) is 3.38. The van der Waals surface area contributed by atoms with Crippen molar-refractivity contribution in [1.29, 1.82) is 0 Å². The predicted molar refractivity (Wildman–Crippen MR) is 90.5 cm³/mol. The number of H-pyrrole nitrogens is 1. The van der Waals surface area contributed by atoms with Crippen LogP contribution in [-0.4, -0.2) is 15.7 Å². The Balaban J connectivity index is 1.74. The minimum absolute atomic E-state index is 0.0868. The molecule has 0 atom stereocenters. The second kappa shape index (κ2) is 6.72. The molecule has 7 heteroatoms. The van der Waals surface area contributed by atoms with Crippen molar-refractivity contribution >= 4 is 23.2 Å². The number of hydrogen-bond donors (Lipinski definition) is 2. The predicted octanol–water partition coefficient (Wildman–Crippen LogP) is 3.27. The lowest BCUT2D eigenvalue weighted by Gasteiger charge is -2.06. The van der Waals surface area contributed by atoms with Crippen LogP contribution in [0.2, 0.25) is 5.02 Å². The second-order valence-corrected chi connectivity index (χ2v) is 5.54. The molecule has 0 aliphatic rings. The van der Waals surface area contributed by atoms with Crippen molar-refractivity contribution in [3.63, 3.8) is 0 Å². The van der Waals surface area contributed by atoms with Crippen LogP contribution in [0.3, 0.4) is 0 Å². The molecule has 0 spiro atoms. The molecule has 0 aliphatic heterocycles.